The Balaban J connectivity index is 1.17. The van der Waals surface area contributed by atoms with E-state index in [4.69, 9.17) is 25.8 Å². The highest BCUT2D eigenvalue weighted by Gasteiger charge is 2.20. The van der Waals surface area contributed by atoms with Crippen LogP contribution in [0.2, 0.25) is 5.02 Å². The van der Waals surface area contributed by atoms with Crippen molar-refractivity contribution in [3.63, 3.8) is 0 Å². The molecule has 0 saturated carbocycles. The smallest absolute Gasteiger partial charge is 0.142 e. The molecule has 1 aliphatic rings. The Bertz CT molecular complexity index is 2040. The Labute approximate surface area is 317 Å². The molecule has 0 aliphatic carbocycles. The quantitative estimate of drug-likeness (QED) is 0.101. The second kappa shape index (κ2) is 18.2. The number of halogens is 1. The molecule has 5 aromatic rings. The first-order valence-corrected chi connectivity index (χ1v) is 18.4. The van der Waals surface area contributed by atoms with Gasteiger partial charge in [-0.05, 0) is 91.9 Å². The van der Waals surface area contributed by atoms with Gasteiger partial charge in [0, 0.05) is 68.5 Å². The lowest BCUT2D eigenvalue weighted by molar-refractivity contribution is 0.173. The van der Waals surface area contributed by atoms with Gasteiger partial charge in [0.1, 0.15) is 36.5 Å². The predicted molar refractivity (Wildman–Crippen MR) is 207 cm³/mol. The van der Waals surface area contributed by atoms with Crippen LogP contribution in [0.5, 0.6) is 17.2 Å². The molecule has 0 amide bonds. The van der Waals surface area contributed by atoms with E-state index >= 15 is 0 Å². The van der Waals surface area contributed by atoms with E-state index < -0.39 is 0 Å². The molecule has 53 heavy (non-hydrogen) atoms. The fraction of sp³-hybridized carbons (Fsp3) is 0.326. The molecule has 1 atom stereocenters. The van der Waals surface area contributed by atoms with Crippen LogP contribution in [0.1, 0.15) is 51.9 Å². The van der Waals surface area contributed by atoms with Crippen LogP contribution in [-0.2, 0) is 26.3 Å². The third-order valence-corrected chi connectivity index (χ3v) is 9.85. The van der Waals surface area contributed by atoms with Crippen molar-refractivity contribution >= 4 is 11.6 Å². The normalized spacial score (nSPS) is 14.3. The molecule has 274 valence electrons. The number of ether oxygens (including phenoxy) is 3. The SMILES string of the molecule is Cc1c(COc2cc(OCc3cncc(C#N)c3)c(CN(C)Cc3ccccn3)cc2Cl)cccc1-c1cccc(OCCCN2CC[C@@H](O)C2)c1C. The number of hydrogen-bond donors (Lipinski definition) is 1. The molecule has 0 spiro atoms. The summed E-state index contributed by atoms with van der Waals surface area (Å²) in [6, 6.07) is 26.0. The number of rotatable bonds is 16. The van der Waals surface area contributed by atoms with Crippen LogP contribution < -0.4 is 14.2 Å². The number of aromatic nitrogens is 2. The molecule has 1 saturated heterocycles. The van der Waals surface area contributed by atoms with Gasteiger partial charge in [0.05, 0.1) is 29.0 Å². The fourth-order valence-corrected chi connectivity index (χ4v) is 6.92. The summed E-state index contributed by atoms with van der Waals surface area (Å²) in [4.78, 5) is 13.1. The molecule has 3 heterocycles. The van der Waals surface area contributed by atoms with Gasteiger partial charge in [-0.3, -0.25) is 14.9 Å². The van der Waals surface area contributed by atoms with Crippen molar-refractivity contribution in [3.05, 3.63) is 135 Å². The lowest BCUT2D eigenvalue weighted by Crippen LogP contribution is -2.24. The Morgan fingerprint density at radius 3 is 2.47 bits per heavy atom. The number of pyridine rings is 2. The Morgan fingerprint density at radius 1 is 0.887 bits per heavy atom. The Hall–Kier alpha value is -4.98. The zero-order chi connectivity index (χ0) is 37.2. The number of nitriles is 1. The summed E-state index contributed by atoms with van der Waals surface area (Å²) >= 11 is 6.88. The molecule has 6 rings (SSSR count). The Morgan fingerprint density at radius 2 is 1.70 bits per heavy atom. The van der Waals surface area contributed by atoms with E-state index in [0.717, 1.165) is 82.9 Å². The number of aliphatic hydroxyl groups excluding tert-OH is 1. The van der Waals surface area contributed by atoms with Crippen LogP contribution in [0.4, 0.5) is 0 Å². The summed E-state index contributed by atoms with van der Waals surface area (Å²) in [7, 11) is 2.03. The molecule has 1 aliphatic heterocycles. The highest BCUT2D eigenvalue weighted by Crippen LogP contribution is 2.37. The Kier molecular flexibility index (Phi) is 13.0. The molecule has 10 heteroatoms. The van der Waals surface area contributed by atoms with Gasteiger partial charge in [-0.1, -0.05) is 48.0 Å². The van der Waals surface area contributed by atoms with Crippen LogP contribution in [0.25, 0.3) is 11.1 Å². The van der Waals surface area contributed by atoms with Crippen LogP contribution in [0.15, 0.2) is 91.4 Å². The van der Waals surface area contributed by atoms with Gasteiger partial charge in [0.2, 0.25) is 0 Å². The molecular formula is C43H46ClN5O4. The first-order valence-electron chi connectivity index (χ1n) is 18.0. The van der Waals surface area contributed by atoms with Gasteiger partial charge in [-0.15, -0.1) is 0 Å². The highest BCUT2D eigenvalue weighted by molar-refractivity contribution is 6.32. The largest absolute Gasteiger partial charge is 0.493 e. The second-order valence-corrected chi connectivity index (χ2v) is 14.0. The van der Waals surface area contributed by atoms with Crippen LogP contribution >= 0.6 is 11.6 Å². The van der Waals surface area contributed by atoms with Gasteiger partial charge in [-0.2, -0.15) is 5.26 Å². The number of aliphatic hydroxyl groups is 1. The van der Waals surface area contributed by atoms with Gasteiger partial charge >= 0.3 is 0 Å². The van der Waals surface area contributed by atoms with E-state index in [0.29, 0.717) is 48.4 Å². The average Bonchev–Trinajstić information content (AvgIpc) is 3.58. The average molecular weight is 732 g/mol. The predicted octanol–water partition coefficient (Wildman–Crippen LogP) is 7.91. The summed E-state index contributed by atoms with van der Waals surface area (Å²) in [5.74, 6) is 2.03. The van der Waals surface area contributed by atoms with E-state index in [1.807, 2.05) is 49.5 Å². The maximum atomic E-state index is 9.81. The third-order valence-electron chi connectivity index (χ3n) is 9.56. The van der Waals surface area contributed by atoms with Gasteiger partial charge < -0.3 is 24.2 Å². The van der Waals surface area contributed by atoms with Crippen LogP contribution in [0, 0.1) is 25.2 Å². The summed E-state index contributed by atoms with van der Waals surface area (Å²) in [6.45, 7) is 9.23. The summed E-state index contributed by atoms with van der Waals surface area (Å²) in [6.07, 6.45) is 6.58. The number of likely N-dealkylation sites (tertiary alicyclic amines) is 1. The van der Waals surface area contributed by atoms with Gasteiger partial charge in [0.25, 0.3) is 0 Å². The number of β-amino-alcohol motifs (C(OH)–C–C–N with tert-alkyl or cyclic N) is 1. The molecule has 1 N–H and O–H groups in total. The minimum atomic E-state index is -0.202. The molecular weight excluding hydrogens is 686 g/mol. The van der Waals surface area contributed by atoms with Crippen molar-refractivity contribution in [2.45, 2.75) is 59.1 Å². The second-order valence-electron chi connectivity index (χ2n) is 13.6. The lowest BCUT2D eigenvalue weighted by atomic mass is 9.93. The van der Waals surface area contributed by atoms with Crippen molar-refractivity contribution in [2.24, 2.45) is 0 Å². The molecule has 9 nitrogen and oxygen atoms in total. The number of benzene rings is 3. The van der Waals surface area contributed by atoms with Crippen molar-refractivity contribution < 1.29 is 19.3 Å². The topological polar surface area (TPSA) is 104 Å². The van der Waals surface area contributed by atoms with Crippen LogP contribution in [-0.4, -0.2) is 64.3 Å². The van der Waals surface area contributed by atoms with Crippen molar-refractivity contribution in [3.8, 4) is 34.4 Å². The minimum absolute atomic E-state index is 0.202. The fourth-order valence-electron chi connectivity index (χ4n) is 6.68. The monoisotopic (exact) mass is 731 g/mol. The van der Waals surface area contributed by atoms with Gasteiger partial charge in [-0.25, -0.2) is 0 Å². The van der Waals surface area contributed by atoms with Crippen molar-refractivity contribution in [1.82, 2.24) is 19.8 Å². The standard InChI is InChI=1S/C43H46ClN5O4/c1-30-34(9-6-11-38(30)39-12-7-13-41(31(39)2)51-18-8-16-49-17-14-37(50)27-49)29-53-43-21-42(52-28-33-19-32(22-45)23-46-24-33)35(20-40(43)44)25-48(3)26-36-10-4-5-15-47-36/h4-7,9-13,15,19-21,23-24,37,50H,8,14,16-18,25-29H2,1-3H3/t37-/m1/s1. The molecule has 0 radical (unpaired) electrons. The first kappa shape index (κ1) is 37.8. The summed E-state index contributed by atoms with van der Waals surface area (Å²) in [5.41, 5.74) is 8.61. The summed E-state index contributed by atoms with van der Waals surface area (Å²) < 4.78 is 19.0. The van der Waals surface area contributed by atoms with E-state index in [1.165, 1.54) is 6.20 Å². The molecule has 1 fully saturated rings. The van der Waals surface area contributed by atoms with Crippen LogP contribution in [0.3, 0.4) is 0 Å². The minimum Gasteiger partial charge on any atom is -0.493 e. The van der Waals surface area contributed by atoms with Gasteiger partial charge in [0.15, 0.2) is 0 Å². The molecule has 3 aromatic carbocycles. The molecule has 0 unspecified atom stereocenters. The highest BCUT2D eigenvalue weighted by atomic mass is 35.5. The number of hydrogen-bond acceptors (Lipinski definition) is 9. The number of nitrogens with zero attached hydrogens (tertiary/aromatic N) is 5. The maximum absolute atomic E-state index is 9.81. The summed E-state index contributed by atoms with van der Waals surface area (Å²) in [5, 5.41) is 19.6. The zero-order valence-electron chi connectivity index (χ0n) is 30.6. The first-order chi connectivity index (χ1) is 25.8. The molecule has 2 aromatic heterocycles. The molecule has 0 bridgehead atoms. The van der Waals surface area contributed by atoms with E-state index in [-0.39, 0.29) is 12.7 Å². The van der Waals surface area contributed by atoms with Crippen molar-refractivity contribution in [1.29, 1.82) is 5.26 Å². The van der Waals surface area contributed by atoms with Crippen molar-refractivity contribution in [2.75, 3.05) is 33.3 Å². The van der Waals surface area contributed by atoms with E-state index in [1.54, 1.807) is 18.5 Å². The third kappa shape index (κ3) is 10.1. The lowest BCUT2D eigenvalue weighted by Gasteiger charge is -2.21. The maximum Gasteiger partial charge on any atom is 0.142 e. The van der Waals surface area contributed by atoms with E-state index in [9.17, 15) is 10.4 Å². The zero-order valence-corrected chi connectivity index (χ0v) is 31.4. The van der Waals surface area contributed by atoms with E-state index in [2.05, 4.69) is 63.9 Å².